The van der Waals surface area contributed by atoms with Crippen LogP contribution in [0.3, 0.4) is 0 Å². The smallest absolute Gasteiger partial charge is 0.271 e. The summed E-state index contributed by atoms with van der Waals surface area (Å²) in [6.07, 6.45) is 1.66. The summed E-state index contributed by atoms with van der Waals surface area (Å²) in [6, 6.07) is 15.8. The molecule has 4 nitrogen and oxygen atoms in total. The van der Waals surface area contributed by atoms with Crippen molar-refractivity contribution < 1.29 is 4.79 Å². The molecule has 0 aliphatic rings. The summed E-state index contributed by atoms with van der Waals surface area (Å²) in [5.74, 6) is -0.207. The minimum Gasteiger partial charge on any atom is -0.372 e. The van der Waals surface area contributed by atoms with Gasteiger partial charge in [0.1, 0.15) is 0 Å². The summed E-state index contributed by atoms with van der Waals surface area (Å²) in [5.41, 5.74) is 6.60. The highest BCUT2D eigenvalue weighted by Crippen LogP contribution is 2.22. The van der Waals surface area contributed by atoms with Gasteiger partial charge in [-0.1, -0.05) is 45.0 Å². The number of nitrogens with zero attached hydrogens (tertiary/aromatic N) is 2. The molecule has 2 aromatic carbocycles. The lowest BCUT2D eigenvalue weighted by Gasteiger charge is -2.20. The molecule has 0 radical (unpaired) electrons. The van der Waals surface area contributed by atoms with E-state index in [-0.39, 0.29) is 11.3 Å². The highest BCUT2D eigenvalue weighted by atomic mass is 16.2. The second kappa shape index (κ2) is 8.65. The first-order valence-electron chi connectivity index (χ1n) is 9.14. The van der Waals surface area contributed by atoms with E-state index in [2.05, 4.69) is 62.2 Å². The number of hydrogen-bond donors (Lipinski definition) is 1. The predicted molar refractivity (Wildman–Crippen MR) is 110 cm³/mol. The molecular formula is C22H29N3O. The lowest BCUT2D eigenvalue weighted by molar-refractivity contribution is 0.0955. The number of carbonyl (C=O) groups excluding carboxylic acids is 1. The molecule has 0 heterocycles. The van der Waals surface area contributed by atoms with Crippen molar-refractivity contribution in [3.05, 3.63) is 65.2 Å². The Hall–Kier alpha value is -2.62. The lowest BCUT2D eigenvalue weighted by Crippen LogP contribution is -2.21. The molecule has 0 aromatic heterocycles. The number of anilines is 1. The zero-order chi connectivity index (χ0) is 19.2. The van der Waals surface area contributed by atoms with E-state index in [1.165, 1.54) is 11.3 Å². The van der Waals surface area contributed by atoms with Crippen LogP contribution in [0.15, 0.2) is 53.6 Å². The molecule has 0 atom stereocenters. The van der Waals surface area contributed by atoms with Crippen LogP contribution < -0.4 is 10.3 Å². The van der Waals surface area contributed by atoms with Crippen molar-refractivity contribution in [2.24, 2.45) is 5.10 Å². The van der Waals surface area contributed by atoms with Crippen LogP contribution >= 0.6 is 0 Å². The first-order valence-corrected chi connectivity index (χ1v) is 9.14. The monoisotopic (exact) mass is 351 g/mol. The van der Waals surface area contributed by atoms with Gasteiger partial charge in [-0.3, -0.25) is 4.79 Å². The Morgan fingerprint density at radius 3 is 2.08 bits per heavy atom. The molecule has 0 unspecified atom stereocenters. The SMILES string of the molecule is CCN(CC)c1ccc(/C=N\NC(=O)c2ccc(C(C)(C)C)cc2)cc1. The van der Waals surface area contributed by atoms with Crippen LogP contribution in [0, 0.1) is 0 Å². The summed E-state index contributed by atoms with van der Waals surface area (Å²) in [7, 11) is 0. The minimum atomic E-state index is -0.207. The molecule has 1 N–H and O–H groups in total. The summed E-state index contributed by atoms with van der Waals surface area (Å²) < 4.78 is 0. The Labute approximate surface area is 156 Å². The summed E-state index contributed by atoms with van der Waals surface area (Å²) in [6.45, 7) is 12.7. The highest BCUT2D eigenvalue weighted by Gasteiger charge is 2.14. The maximum Gasteiger partial charge on any atom is 0.271 e. The normalized spacial score (nSPS) is 11.6. The van der Waals surface area contributed by atoms with E-state index in [1.807, 2.05) is 36.4 Å². The van der Waals surface area contributed by atoms with E-state index < -0.39 is 0 Å². The zero-order valence-electron chi connectivity index (χ0n) is 16.4. The molecule has 4 heteroatoms. The van der Waals surface area contributed by atoms with Gasteiger partial charge >= 0.3 is 0 Å². The summed E-state index contributed by atoms with van der Waals surface area (Å²) >= 11 is 0. The standard InChI is InChI=1S/C22H29N3O/c1-6-25(7-2)20-14-8-17(9-15-20)16-23-24-21(26)18-10-12-19(13-11-18)22(3,4)5/h8-16H,6-7H2,1-5H3,(H,24,26)/b23-16-. The van der Waals surface area contributed by atoms with Crippen LogP contribution in [0.2, 0.25) is 0 Å². The van der Waals surface area contributed by atoms with Gasteiger partial charge in [-0.15, -0.1) is 0 Å². The van der Waals surface area contributed by atoms with Gasteiger partial charge in [-0.2, -0.15) is 5.10 Å². The van der Waals surface area contributed by atoms with Crippen LogP contribution in [0.4, 0.5) is 5.69 Å². The van der Waals surface area contributed by atoms with Crippen molar-refractivity contribution in [3.8, 4) is 0 Å². The first kappa shape index (κ1) is 19.7. The third-order valence-corrected chi connectivity index (χ3v) is 4.41. The molecule has 2 aromatic rings. The van der Waals surface area contributed by atoms with Crippen molar-refractivity contribution in [2.45, 2.75) is 40.0 Å². The number of benzene rings is 2. The quantitative estimate of drug-likeness (QED) is 0.611. The average molecular weight is 351 g/mol. The molecule has 0 fully saturated rings. The van der Waals surface area contributed by atoms with Gasteiger partial charge in [0.25, 0.3) is 5.91 Å². The van der Waals surface area contributed by atoms with Crippen LogP contribution in [-0.2, 0) is 5.41 Å². The second-order valence-electron chi connectivity index (χ2n) is 7.29. The molecule has 0 spiro atoms. The molecule has 138 valence electrons. The van der Waals surface area contributed by atoms with Gasteiger partial charge in [0, 0.05) is 24.3 Å². The second-order valence-corrected chi connectivity index (χ2v) is 7.29. The Morgan fingerprint density at radius 2 is 1.58 bits per heavy atom. The van der Waals surface area contributed by atoms with Crippen molar-refractivity contribution in [3.63, 3.8) is 0 Å². The predicted octanol–water partition coefficient (Wildman–Crippen LogP) is 4.59. The van der Waals surface area contributed by atoms with Gasteiger partial charge in [-0.25, -0.2) is 5.43 Å². The number of rotatable bonds is 6. The lowest BCUT2D eigenvalue weighted by atomic mass is 9.87. The number of amides is 1. The number of hydrogen-bond acceptors (Lipinski definition) is 3. The topological polar surface area (TPSA) is 44.7 Å². The van der Waals surface area contributed by atoms with Crippen molar-refractivity contribution in [1.29, 1.82) is 0 Å². The van der Waals surface area contributed by atoms with E-state index in [0.717, 1.165) is 18.7 Å². The van der Waals surface area contributed by atoms with E-state index in [0.29, 0.717) is 5.56 Å². The number of carbonyl (C=O) groups is 1. The average Bonchev–Trinajstić information content (AvgIpc) is 2.63. The molecule has 0 aliphatic carbocycles. The molecular weight excluding hydrogens is 322 g/mol. The van der Waals surface area contributed by atoms with Gasteiger partial charge in [0.15, 0.2) is 0 Å². The molecule has 2 rings (SSSR count). The van der Waals surface area contributed by atoms with Crippen LogP contribution in [0.5, 0.6) is 0 Å². The summed E-state index contributed by atoms with van der Waals surface area (Å²) in [4.78, 5) is 14.5. The third kappa shape index (κ3) is 5.19. The van der Waals surface area contributed by atoms with Gasteiger partial charge in [-0.05, 0) is 54.7 Å². The minimum absolute atomic E-state index is 0.0739. The molecule has 0 bridgehead atoms. The van der Waals surface area contributed by atoms with Crippen molar-refractivity contribution in [1.82, 2.24) is 5.43 Å². The summed E-state index contributed by atoms with van der Waals surface area (Å²) in [5, 5.41) is 4.07. The Morgan fingerprint density at radius 1 is 1.00 bits per heavy atom. The molecule has 1 amide bonds. The zero-order valence-corrected chi connectivity index (χ0v) is 16.4. The largest absolute Gasteiger partial charge is 0.372 e. The maximum atomic E-state index is 12.2. The molecule has 0 aliphatic heterocycles. The van der Waals surface area contributed by atoms with Gasteiger partial charge in [0.2, 0.25) is 0 Å². The molecule has 26 heavy (non-hydrogen) atoms. The van der Waals surface area contributed by atoms with Crippen LogP contribution in [-0.4, -0.2) is 25.2 Å². The number of hydrazone groups is 1. The van der Waals surface area contributed by atoms with Gasteiger partial charge in [0.05, 0.1) is 6.21 Å². The Kier molecular flexibility index (Phi) is 6.56. The molecule has 0 saturated carbocycles. The van der Waals surface area contributed by atoms with Crippen molar-refractivity contribution >= 4 is 17.8 Å². The van der Waals surface area contributed by atoms with E-state index in [4.69, 9.17) is 0 Å². The fourth-order valence-electron chi connectivity index (χ4n) is 2.71. The highest BCUT2D eigenvalue weighted by molar-refractivity contribution is 5.94. The van der Waals surface area contributed by atoms with E-state index in [9.17, 15) is 4.79 Å². The fraction of sp³-hybridized carbons (Fsp3) is 0.364. The first-order chi connectivity index (χ1) is 12.3. The van der Waals surface area contributed by atoms with E-state index >= 15 is 0 Å². The van der Waals surface area contributed by atoms with E-state index in [1.54, 1.807) is 6.21 Å². The van der Waals surface area contributed by atoms with Gasteiger partial charge < -0.3 is 4.90 Å². The fourth-order valence-corrected chi connectivity index (χ4v) is 2.71. The van der Waals surface area contributed by atoms with Crippen LogP contribution in [0.25, 0.3) is 0 Å². The third-order valence-electron chi connectivity index (χ3n) is 4.41. The Balaban J connectivity index is 1.96. The van der Waals surface area contributed by atoms with Crippen LogP contribution in [0.1, 0.15) is 56.1 Å². The molecule has 0 saturated heterocycles. The number of nitrogens with one attached hydrogen (secondary N) is 1. The maximum absolute atomic E-state index is 12.2. The van der Waals surface area contributed by atoms with Crippen molar-refractivity contribution in [2.75, 3.05) is 18.0 Å². The Bertz CT molecular complexity index is 736.